The molecule has 84 valence electrons. The highest BCUT2D eigenvalue weighted by Crippen LogP contribution is 2.26. The van der Waals surface area contributed by atoms with Crippen molar-refractivity contribution in [2.75, 3.05) is 0 Å². The SMILES string of the molecule is Cc1ccc(F)c(C(O)c2ncc[nH]2)c1F. The van der Waals surface area contributed by atoms with Crippen molar-refractivity contribution < 1.29 is 13.9 Å². The van der Waals surface area contributed by atoms with Crippen LogP contribution in [0.1, 0.15) is 23.1 Å². The molecule has 2 N–H and O–H groups in total. The van der Waals surface area contributed by atoms with Crippen LogP contribution in [0, 0.1) is 18.6 Å². The largest absolute Gasteiger partial charge is 0.380 e. The van der Waals surface area contributed by atoms with E-state index in [1.165, 1.54) is 25.4 Å². The van der Waals surface area contributed by atoms with E-state index in [-0.39, 0.29) is 17.0 Å². The Morgan fingerprint density at radius 2 is 2.12 bits per heavy atom. The molecule has 3 nitrogen and oxygen atoms in total. The number of aryl methyl sites for hydroxylation is 1. The summed E-state index contributed by atoms with van der Waals surface area (Å²) in [6.45, 7) is 1.51. The molecule has 16 heavy (non-hydrogen) atoms. The molecule has 0 aliphatic heterocycles. The first-order valence-electron chi connectivity index (χ1n) is 4.73. The van der Waals surface area contributed by atoms with E-state index in [0.717, 1.165) is 6.07 Å². The van der Waals surface area contributed by atoms with Crippen LogP contribution in [0.15, 0.2) is 24.5 Å². The molecule has 1 heterocycles. The number of nitrogens with zero attached hydrogens (tertiary/aromatic N) is 1. The second-order valence-electron chi connectivity index (χ2n) is 3.47. The molecule has 0 saturated heterocycles. The molecular weight excluding hydrogens is 214 g/mol. The average molecular weight is 224 g/mol. The Morgan fingerprint density at radius 3 is 2.75 bits per heavy atom. The minimum atomic E-state index is -1.42. The molecule has 5 heteroatoms. The lowest BCUT2D eigenvalue weighted by Gasteiger charge is -2.11. The number of aromatic amines is 1. The fourth-order valence-electron chi connectivity index (χ4n) is 1.49. The van der Waals surface area contributed by atoms with Crippen LogP contribution in [0.3, 0.4) is 0 Å². The highest BCUT2D eigenvalue weighted by molar-refractivity contribution is 5.31. The molecule has 1 aromatic carbocycles. The van der Waals surface area contributed by atoms with E-state index in [2.05, 4.69) is 9.97 Å². The van der Waals surface area contributed by atoms with Gasteiger partial charge in [-0.1, -0.05) is 6.07 Å². The van der Waals surface area contributed by atoms with Crippen LogP contribution < -0.4 is 0 Å². The van der Waals surface area contributed by atoms with Gasteiger partial charge in [-0.25, -0.2) is 13.8 Å². The summed E-state index contributed by atoms with van der Waals surface area (Å²) in [5.41, 5.74) is -0.100. The van der Waals surface area contributed by atoms with Crippen molar-refractivity contribution in [1.82, 2.24) is 9.97 Å². The molecule has 2 rings (SSSR count). The van der Waals surface area contributed by atoms with E-state index in [1.54, 1.807) is 0 Å². The van der Waals surface area contributed by atoms with Gasteiger partial charge in [0.1, 0.15) is 23.6 Å². The van der Waals surface area contributed by atoms with Crippen molar-refractivity contribution in [3.63, 3.8) is 0 Å². The van der Waals surface area contributed by atoms with Gasteiger partial charge in [0.2, 0.25) is 0 Å². The Kier molecular flexibility index (Phi) is 2.70. The number of hydrogen-bond acceptors (Lipinski definition) is 2. The first-order chi connectivity index (χ1) is 7.61. The standard InChI is InChI=1S/C11H10F2N2O/c1-6-2-3-7(12)8(9(6)13)10(16)11-14-4-5-15-11/h2-5,10,16H,1H3,(H,14,15). The number of benzene rings is 1. The van der Waals surface area contributed by atoms with E-state index in [0.29, 0.717) is 0 Å². The van der Waals surface area contributed by atoms with Gasteiger partial charge in [0.05, 0.1) is 5.56 Å². The second-order valence-corrected chi connectivity index (χ2v) is 3.47. The Labute approximate surface area is 90.8 Å². The summed E-state index contributed by atoms with van der Waals surface area (Å²) in [6.07, 6.45) is 1.46. The van der Waals surface area contributed by atoms with Crippen molar-refractivity contribution in [1.29, 1.82) is 0 Å². The maximum absolute atomic E-state index is 13.7. The second kappa shape index (κ2) is 4.02. The number of aromatic nitrogens is 2. The zero-order chi connectivity index (χ0) is 11.7. The van der Waals surface area contributed by atoms with Crippen LogP contribution in [0.5, 0.6) is 0 Å². The highest BCUT2D eigenvalue weighted by atomic mass is 19.1. The molecule has 0 amide bonds. The predicted octanol–water partition coefficient (Wildman–Crippen LogP) is 2.08. The minimum absolute atomic E-state index is 0.114. The molecule has 0 aliphatic carbocycles. The van der Waals surface area contributed by atoms with E-state index in [4.69, 9.17) is 0 Å². The molecule has 1 atom stereocenters. The summed E-state index contributed by atoms with van der Waals surface area (Å²) < 4.78 is 27.1. The third kappa shape index (κ3) is 1.69. The van der Waals surface area contributed by atoms with Gasteiger partial charge in [0, 0.05) is 12.4 Å². The van der Waals surface area contributed by atoms with Gasteiger partial charge >= 0.3 is 0 Å². The lowest BCUT2D eigenvalue weighted by molar-refractivity contribution is 0.200. The number of hydrogen-bond donors (Lipinski definition) is 2. The predicted molar refractivity (Wildman–Crippen MR) is 53.7 cm³/mol. The summed E-state index contributed by atoms with van der Waals surface area (Å²) >= 11 is 0. The van der Waals surface area contributed by atoms with Crippen molar-refractivity contribution in [3.05, 3.63) is 53.1 Å². The average Bonchev–Trinajstić information content (AvgIpc) is 2.77. The maximum atomic E-state index is 13.7. The molecular formula is C11H10F2N2O. The first kappa shape index (κ1) is 10.8. The fraction of sp³-hybridized carbons (Fsp3) is 0.182. The number of rotatable bonds is 2. The Hall–Kier alpha value is -1.75. The maximum Gasteiger partial charge on any atom is 0.142 e. The zero-order valence-corrected chi connectivity index (χ0v) is 8.54. The number of halogens is 2. The Balaban J connectivity index is 2.52. The third-order valence-electron chi connectivity index (χ3n) is 2.37. The van der Waals surface area contributed by atoms with E-state index >= 15 is 0 Å². The van der Waals surface area contributed by atoms with Gasteiger partial charge in [-0.05, 0) is 18.6 Å². The molecule has 2 aromatic rings. The van der Waals surface area contributed by atoms with Crippen LogP contribution in [0.4, 0.5) is 8.78 Å². The molecule has 0 radical (unpaired) electrons. The van der Waals surface area contributed by atoms with Crippen LogP contribution in [-0.4, -0.2) is 15.1 Å². The molecule has 0 aliphatic rings. The molecule has 0 spiro atoms. The van der Waals surface area contributed by atoms with Crippen molar-refractivity contribution in [2.24, 2.45) is 0 Å². The summed E-state index contributed by atoms with van der Waals surface area (Å²) in [7, 11) is 0. The monoisotopic (exact) mass is 224 g/mol. The summed E-state index contributed by atoms with van der Waals surface area (Å²) in [6, 6.07) is 2.45. The number of imidazole rings is 1. The van der Waals surface area contributed by atoms with Crippen LogP contribution in [0.2, 0.25) is 0 Å². The highest BCUT2D eigenvalue weighted by Gasteiger charge is 2.22. The summed E-state index contributed by atoms with van der Waals surface area (Å²) in [5, 5.41) is 9.79. The van der Waals surface area contributed by atoms with Gasteiger partial charge < -0.3 is 10.1 Å². The molecule has 0 saturated carbocycles. The van der Waals surface area contributed by atoms with E-state index in [9.17, 15) is 13.9 Å². The number of nitrogens with one attached hydrogen (secondary N) is 1. The van der Waals surface area contributed by atoms with Crippen molar-refractivity contribution in [3.8, 4) is 0 Å². The molecule has 0 bridgehead atoms. The Bertz CT molecular complexity index is 497. The van der Waals surface area contributed by atoms with Gasteiger partial charge in [-0.3, -0.25) is 0 Å². The lowest BCUT2D eigenvalue weighted by Crippen LogP contribution is -2.08. The quantitative estimate of drug-likeness (QED) is 0.820. The fourth-order valence-corrected chi connectivity index (χ4v) is 1.49. The smallest absolute Gasteiger partial charge is 0.142 e. The van der Waals surface area contributed by atoms with Gasteiger partial charge in [0.15, 0.2) is 0 Å². The molecule has 1 unspecified atom stereocenters. The van der Waals surface area contributed by atoms with Crippen LogP contribution in [-0.2, 0) is 0 Å². The van der Waals surface area contributed by atoms with Crippen LogP contribution >= 0.6 is 0 Å². The van der Waals surface area contributed by atoms with E-state index < -0.39 is 17.7 Å². The van der Waals surface area contributed by atoms with Gasteiger partial charge in [-0.15, -0.1) is 0 Å². The Morgan fingerprint density at radius 1 is 1.38 bits per heavy atom. The molecule has 0 fully saturated rings. The normalized spacial score (nSPS) is 12.8. The molecule has 1 aromatic heterocycles. The van der Waals surface area contributed by atoms with Gasteiger partial charge in [-0.2, -0.15) is 0 Å². The van der Waals surface area contributed by atoms with Gasteiger partial charge in [0.25, 0.3) is 0 Å². The summed E-state index contributed by atoms with van der Waals surface area (Å²) in [4.78, 5) is 6.38. The van der Waals surface area contributed by atoms with Crippen molar-refractivity contribution in [2.45, 2.75) is 13.0 Å². The third-order valence-corrected chi connectivity index (χ3v) is 2.37. The first-order valence-corrected chi connectivity index (χ1v) is 4.73. The van der Waals surface area contributed by atoms with Crippen LogP contribution in [0.25, 0.3) is 0 Å². The minimum Gasteiger partial charge on any atom is -0.380 e. The summed E-state index contributed by atoms with van der Waals surface area (Å²) in [5.74, 6) is -1.42. The van der Waals surface area contributed by atoms with E-state index in [1.807, 2.05) is 0 Å². The topological polar surface area (TPSA) is 48.9 Å². The number of aliphatic hydroxyl groups excluding tert-OH is 1. The van der Waals surface area contributed by atoms with Crippen molar-refractivity contribution >= 4 is 0 Å². The lowest BCUT2D eigenvalue weighted by atomic mass is 10.0. The number of H-pyrrole nitrogens is 1. The number of aliphatic hydroxyl groups is 1. The zero-order valence-electron chi connectivity index (χ0n) is 8.54.